The summed E-state index contributed by atoms with van der Waals surface area (Å²) in [6.45, 7) is 0. The maximum Gasteiger partial charge on any atom is 0.170 e. The van der Waals surface area contributed by atoms with Crippen molar-refractivity contribution in [3.05, 3.63) is 48.5 Å². The summed E-state index contributed by atoms with van der Waals surface area (Å²) >= 11 is 0. The van der Waals surface area contributed by atoms with E-state index in [1.807, 2.05) is 0 Å². The van der Waals surface area contributed by atoms with Gasteiger partial charge < -0.3 is 29.9 Å². The Labute approximate surface area is 150 Å². The number of phenols is 4. The second kappa shape index (κ2) is 6.76. The zero-order chi connectivity index (χ0) is 18.8. The van der Waals surface area contributed by atoms with Crippen LogP contribution >= 0.6 is 0 Å². The van der Waals surface area contributed by atoms with Crippen LogP contribution in [0.4, 0.5) is 0 Å². The Hall–Kier alpha value is -3.54. The number of rotatable bonds is 4. The van der Waals surface area contributed by atoms with E-state index in [9.17, 15) is 20.4 Å². The fourth-order valence-corrected chi connectivity index (χ4v) is 2.76. The molecule has 26 heavy (non-hydrogen) atoms. The van der Waals surface area contributed by atoms with Crippen LogP contribution in [0.3, 0.4) is 0 Å². The lowest BCUT2D eigenvalue weighted by Gasteiger charge is -2.16. The molecule has 0 aromatic heterocycles. The first-order valence-electron chi connectivity index (χ1n) is 7.76. The lowest BCUT2D eigenvalue weighted by Crippen LogP contribution is -1.89. The quantitative estimate of drug-likeness (QED) is 0.419. The number of hydrogen-bond donors (Lipinski definition) is 4. The van der Waals surface area contributed by atoms with Crippen molar-refractivity contribution >= 4 is 0 Å². The molecule has 0 aliphatic carbocycles. The van der Waals surface area contributed by atoms with E-state index in [0.717, 1.165) is 0 Å². The predicted octanol–water partition coefficient (Wildman–Crippen LogP) is 3.86. The Morgan fingerprint density at radius 2 is 0.769 bits per heavy atom. The third kappa shape index (κ3) is 2.82. The van der Waals surface area contributed by atoms with E-state index in [-0.39, 0.29) is 11.1 Å². The van der Waals surface area contributed by atoms with Gasteiger partial charge in [-0.1, -0.05) is 24.3 Å². The normalized spacial score (nSPS) is 10.5. The smallest absolute Gasteiger partial charge is 0.170 e. The van der Waals surface area contributed by atoms with Crippen LogP contribution in [-0.2, 0) is 0 Å². The number of hydrogen-bond acceptors (Lipinski definition) is 6. The summed E-state index contributed by atoms with van der Waals surface area (Å²) in [7, 11) is 3.04. The van der Waals surface area contributed by atoms with Gasteiger partial charge in [0.1, 0.15) is 11.5 Å². The monoisotopic (exact) mass is 354 g/mol. The zero-order valence-corrected chi connectivity index (χ0v) is 14.2. The van der Waals surface area contributed by atoms with Crippen molar-refractivity contribution < 1.29 is 29.9 Å². The molecule has 3 rings (SSSR count). The Morgan fingerprint density at radius 3 is 1.00 bits per heavy atom. The Morgan fingerprint density at radius 1 is 0.500 bits per heavy atom. The first-order chi connectivity index (χ1) is 12.5. The minimum absolute atomic E-state index is 0.0695. The Kier molecular flexibility index (Phi) is 4.49. The number of phenolic OH excluding ortho intramolecular Hbond substituents is 4. The first-order valence-corrected chi connectivity index (χ1v) is 7.76. The molecular weight excluding hydrogens is 336 g/mol. The topological polar surface area (TPSA) is 99.4 Å². The lowest BCUT2D eigenvalue weighted by atomic mass is 9.95. The number of methoxy groups -OCH3 is 2. The van der Waals surface area contributed by atoms with Gasteiger partial charge in [0.15, 0.2) is 23.0 Å². The van der Waals surface area contributed by atoms with Crippen LogP contribution in [0, 0.1) is 0 Å². The fraction of sp³-hybridized carbons (Fsp3) is 0.100. The summed E-state index contributed by atoms with van der Waals surface area (Å²) in [6, 6.07) is 12.9. The van der Waals surface area contributed by atoms with Crippen LogP contribution in [-0.4, -0.2) is 34.6 Å². The van der Waals surface area contributed by atoms with E-state index in [0.29, 0.717) is 22.6 Å². The second-order valence-corrected chi connectivity index (χ2v) is 5.60. The molecule has 0 atom stereocenters. The lowest BCUT2D eigenvalue weighted by molar-refractivity contribution is 0.378. The van der Waals surface area contributed by atoms with Gasteiger partial charge in [-0.15, -0.1) is 0 Å². The van der Waals surface area contributed by atoms with Gasteiger partial charge in [-0.3, -0.25) is 0 Å². The standard InChI is InChI=1S/C20H18O6/c1-25-13-7-3-11(4-8-13)15-17(21)19(23)16(20(24)18(15)22)12-5-9-14(26-2)10-6-12/h3-10,21-24H,1-2H3. The highest BCUT2D eigenvalue weighted by Gasteiger charge is 2.25. The highest BCUT2D eigenvalue weighted by atomic mass is 16.5. The van der Waals surface area contributed by atoms with Crippen molar-refractivity contribution in [1.82, 2.24) is 0 Å². The molecule has 0 radical (unpaired) electrons. The van der Waals surface area contributed by atoms with Crippen LogP contribution in [0.5, 0.6) is 34.5 Å². The minimum atomic E-state index is -0.531. The van der Waals surface area contributed by atoms with Crippen molar-refractivity contribution in [2.45, 2.75) is 0 Å². The van der Waals surface area contributed by atoms with E-state index in [2.05, 4.69) is 0 Å². The van der Waals surface area contributed by atoms with Crippen molar-refractivity contribution in [2.75, 3.05) is 14.2 Å². The van der Waals surface area contributed by atoms with Crippen LogP contribution in [0.25, 0.3) is 22.3 Å². The minimum Gasteiger partial charge on any atom is -0.504 e. The van der Waals surface area contributed by atoms with Gasteiger partial charge in [-0.25, -0.2) is 0 Å². The summed E-state index contributed by atoms with van der Waals surface area (Å²) in [4.78, 5) is 0. The largest absolute Gasteiger partial charge is 0.504 e. The zero-order valence-electron chi connectivity index (χ0n) is 14.2. The molecule has 3 aromatic rings. The molecule has 0 fully saturated rings. The average molecular weight is 354 g/mol. The van der Waals surface area contributed by atoms with Crippen LogP contribution < -0.4 is 9.47 Å². The third-order valence-electron chi connectivity index (χ3n) is 4.15. The molecule has 0 saturated carbocycles. The Balaban J connectivity index is 2.17. The van der Waals surface area contributed by atoms with Gasteiger partial charge in [0.05, 0.1) is 25.3 Å². The van der Waals surface area contributed by atoms with Gasteiger partial charge in [-0.05, 0) is 35.4 Å². The fourth-order valence-electron chi connectivity index (χ4n) is 2.76. The molecule has 6 nitrogen and oxygen atoms in total. The highest BCUT2D eigenvalue weighted by molar-refractivity contribution is 5.92. The van der Waals surface area contributed by atoms with Gasteiger partial charge in [-0.2, -0.15) is 0 Å². The molecule has 0 unspecified atom stereocenters. The van der Waals surface area contributed by atoms with Gasteiger partial charge in [0, 0.05) is 0 Å². The van der Waals surface area contributed by atoms with Gasteiger partial charge in [0.2, 0.25) is 0 Å². The molecule has 3 aromatic carbocycles. The van der Waals surface area contributed by atoms with E-state index in [4.69, 9.17) is 9.47 Å². The first kappa shape index (κ1) is 17.3. The van der Waals surface area contributed by atoms with E-state index in [1.165, 1.54) is 14.2 Å². The molecule has 0 saturated heterocycles. The van der Waals surface area contributed by atoms with Gasteiger partial charge in [0.25, 0.3) is 0 Å². The maximum absolute atomic E-state index is 10.4. The van der Waals surface area contributed by atoms with Gasteiger partial charge >= 0.3 is 0 Å². The molecular formula is C20H18O6. The summed E-state index contributed by atoms with van der Waals surface area (Å²) in [6.07, 6.45) is 0. The van der Waals surface area contributed by atoms with Crippen molar-refractivity contribution in [1.29, 1.82) is 0 Å². The molecule has 134 valence electrons. The van der Waals surface area contributed by atoms with Crippen LogP contribution in [0.2, 0.25) is 0 Å². The van der Waals surface area contributed by atoms with Crippen molar-refractivity contribution in [2.24, 2.45) is 0 Å². The summed E-state index contributed by atoms with van der Waals surface area (Å²) < 4.78 is 10.1. The SMILES string of the molecule is COc1ccc(-c2c(O)c(O)c(-c3ccc(OC)cc3)c(O)c2O)cc1. The number of benzene rings is 3. The van der Waals surface area contributed by atoms with E-state index < -0.39 is 23.0 Å². The predicted molar refractivity (Wildman–Crippen MR) is 97.1 cm³/mol. The average Bonchev–Trinajstić information content (AvgIpc) is 2.68. The molecule has 0 heterocycles. The molecule has 0 bridgehead atoms. The molecule has 0 aliphatic rings. The molecule has 0 aliphatic heterocycles. The van der Waals surface area contributed by atoms with Crippen LogP contribution in [0.1, 0.15) is 0 Å². The second-order valence-electron chi connectivity index (χ2n) is 5.60. The van der Waals surface area contributed by atoms with Crippen LogP contribution in [0.15, 0.2) is 48.5 Å². The summed E-state index contributed by atoms with van der Waals surface area (Å²) in [5, 5.41) is 41.8. The summed E-state index contributed by atoms with van der Waals surface area (Å²) in [5.74, 6) is -0.938. The van der Waals surface area contributed by atoms with Crippen molar-refractivity contribution in [3.63, 3.8) is 0 Å². The number of ether oxygens (including phenoxy) is 2. The Bertz CT molecular complexity index is 823. The molecule has 0 spiro atoms. The molecule has 0 amide bonds. The maximum atomic E-state index is 10.4. The molecule has 6 heteroatoms. The van der Waals surface area contributed by atoms with Crippen molar-refractivity contribution in [3.8, 4) is 56.8 Å². The van der Waals surface area contributed by atoms with E-state index in [1.54, 1.807) is 48.5 Å². The molecule has 4 N–H and O–H groups in total. The van der Waals surface area contributed by atoms with E-state index >= 15 is 0 Å². The number of aromatic hydroxyl groups is 4. The summed E-state index contributed by atoms with van der Waals surface area (Å²) in [5.41, 5.74) is 0.681. The highest BCUT2D eigenvalue weighted by Crippen LogP contribution is 2.55. The third-order valence-corrected chi connectivity index (χ3v) is 4.15.